The first kappa shape index (κ1) is 36.2. The first-order valence-corrected chi connectivity index (χ1v) is 17.4. The molecule has 1 unspecified atom stereocenters. The van der Waals surface area contributed by atoms with Crippen LogP contribution in [0.15, 0.2) is 125 Å². The van der Waals surface area contributed by atoms with Gasteiger partial charge in [-0.1, -0.05) is 153 Å². The molecule has 240 valence electrons. The topological polar surface area (TPSA) is 67.2 Å². The number of ether oxygens (including phenoxy) is 2. The zero-order valence-corrected chi connectivity index (χ0v) is 28.0. The van der Waals surface area contributed by atoms with E-state index in [4.69, 9.17) is 9.47 Å². The maximum Gasteiger partial charge on any atom is 0.0906 e. The standard InChI is InChI=1S/C39H51N3O2S/c1-3-4-5-6-7-8-12-20-33(2)29-37(45-36-25-17-11-18-26-36)27-19-28-39(44-31-35-23-15-10-16-24-35)38(41-42-40)32-43-30-34-21-13-9-14-22-34/h9-11,13-19,21-26,28-29,37-39H,3-8,12,20,27,30-32H2,1-2H3/b28-19+,33-29+/t37?,38-,39+/m0/s1. The fourth-order valence-electron chi connectivity index (χ4n) is 5.13. The second kappa shape index (κ2) is 23.1. The lowest BCUT2D eigenvalue weighted by atomic mass is 10.0. The van der Waals surface area contributed by atoms with Gasteiger partial charge in [0.1, 0.15) is 0 Å². The van der Waals surface area contributed by atoms with E-state index in [1.165, 1.54) is 55.4 Å². The van der Waals surface area contributed by atoms with Crippen LogP contribution in [0, 0.1) is 0 Å². The highest BCUT2D eigenvalue weighted by Crippen LogP contribution is 2.28. The molecule has 0 saturated carbocycles. The van der Waals surface area contributed by atoms with E-state index in [0.29, 0.717) is 13.2 Å². The third kappa shape index (κ3) is 16.0. The molecule has 0 radical (unpaired) electrons. The summed E-state index contributed by atoms with van der Waals surface area (Å²) in [6, 6.07) is 30.2. The lowest BCUT2D eigenvalue weighted by molar-refractivity contribution is 0.0186. The molecule has 0 spiro atoms. The Morgan fingerprint density at radius 2 is 1.42 bits per heavy atom. The maximum atomic E-state index is 9.42. The first-order chi connectivity index (χ1) is 22.2. The second-order valence-electron chi connectivity index (χ2n) is 11.6. The molecule has 0 aliphatic carbocycles. The van der Waals surface area contributed by atoms with E-state index in [0.717, 1.165) is 24.0 Å². The van der Waals surface area contributed by atoms with Crippen molar-refractivity contribution in [1.29, 1.82) is 0 Å². The highest BCUT2D eigenvalue weighted by Gasteiger charge is 2.20. The van der Waals surface area contributed by atoms with Crippen molar-refractivity contribution in [2.75, 3.05) is 6.61 Å². The van der Waals surface area contributed by atoms with Crippen molar-refractivity contribution < 1.29 is 9.47 Å². The van der Waals surface area contributed by atoms with Crippen LogP contribution in [0.4, 0.5) is 0 Å². The van der Waals surface area contributed by atoms with Crippen LogP contribution in [0.2, 0.25) is 0 Å². The molecule has 6 heteroatoms. The van der Waals surface area contributed by atoms with E-state index in [1.54, 1.807) is 0 Å². The van der Waals surface area contributed by atoms with E-state index in [2.05, 4.69) is 72.4 Å². The Bertz CT molecular complexity index is 1280. The zero-order valence-electron chi connectivity index (χ0n) is 27.2. The van der Waals surface area contributed by atoms with E-state index in [-0.39, 0.29) is 11.9 Å². The van der Waals surface area contributed by atoms with Crippen LogP contribution in [0.1, 0.15) is 82.8 Å². The zero-order chi connectivity index (χ0) is 31.8. The lowest BCUT2D eigenvalue weighted by Gasteiger charge is -2.22. The normalized spacial score (nSPS) is 13.8. The third-order valence-corrected chi connectivity index (χ3v) is 8.81. The van der Waals surface area contributed by atoms with Crippen LogP contribution in [0.3, 0.4) is 0 Å². The second-order valence-corrected chi connectivity index (χ2v) is 12.9. The van der Waals surface area contributed by atoms with Crippen molar-refractivity contribution in [3.8, 4) is 0 Å². The molecule has 3 aromatic rings. The molecule has 0 bridgehead atoms. The first-order valence-electron chi connectivity index (χ1n) is 16.5. The van der Waals surface area contributed by atoms with Gasteiger partial charge in [0.25, 0.3) is 0 Å². The molecule has 0 amide bonds. The monoisotopic (exact) mass is 625 g/mol. The number of allylic oxidation sites excluding steroid dienone is 2. The van der Waals surface area contributed by atoms with Crippen molar-refractivity contribution in [2.45, 2.75) is 107 Å². The number of benzene rings is 3. The Morgan fingerprint density at radius 3 is 2.07 bits per heavy atom. The van der Waals surface area contributed by atoms with Gasteiger partial charge in [0, 0.05) is 15.1 Å². The van der Waals surface area contributed by atoms with Gasteiger partial charge in [0.05, 0.1) is 32.0 Å². The van der Waals surface area contributed by atoms with Gasteiger partial charge in [-0.15, -0.1) is 11.8 Å². The molecule has 0 heterocycles. The van der Waals surface area contributed by atoms with E-state index in [1.807, 2.05) is 72.4 Å². The number of thioether (sulfide) groups is 1. The summed E-state index contributed by atoms with van der Waals surface area (Å²) in [5, 5.41) is 4.40. The van der Waals surface area contributed by atoms with Crippen molar-refractivity contribution >= 4 is 11.8 Å². The number of hydrogen-bond acceptors (Lipinski definition) is 4. The molecule has 45 heavy (non-hydrogen) atoms. The average molecular weight is 626 g/mol. The molecule has 3 atom stereocenters. The van der Waals surface area contributed by atoms with Gasteiger partial charge in [-0.05, 0) is 55.0 Å². The Hall–Kier alpha value is -3.28. The van der Waals surface area contributed by atoms with Gasteiger partial charge in [0.15, 0.2) is 0 Å². The summed E-state index contributed by atoms with van der Waals surface area (Å²) >= 11 is 1.89. The molecule has 0 saturated heterocycles. The molecule has 3 rings (SSSR count). The fourth-order valence-corrected chi connectivity index (χ4v) is 6.30. The highest BCUT2D eigenvalue weighted by atomic mass is 32.2. The van der Waals surface area contributed by atoms with Gasteiger partial charge < -0.3 is 9.47 Å². The molecular formula is C39H51N3O2S. The number of unbranched alkanes of at least 4 members (excludes halogenated alkanes) is 6. The van der Waals surface area contributed by atoms with E-state index >= 15 is 0 Å². The summed E-state index contributed by atoms with van der Waals surface area (Å²) in [4.78, 5) is 4.41. The Labute approximate surface area is 275 Å². The van der Waals surface area contributed by atoms with Crippen LogP contribution in [-0.2, 0) is 22.7 Å². The molecule has 3 aromatic carbocycles. The smallest absolute Gasteiger partial charge is 0.0906 e. The van der Waals surface area contributed by atoms with Crippen LogP contribution in [-0.4, -0.2) is 24.0 Å². The molecule has 5 nitrogen and oxygen atoms in total. The van der Waals surface area contributed by atoms with Crippen molar-refractivity contribution in [3.05, 3.63) is 136 Å². The minimum atomic E-state index is -0.492. The maximum absolute atomic E-state index is 9.42. The van der Waals surface area contributed by atoms with Crippen molar-refractivity contribution in [1.82, 2.24) is 0 Å². The third-order valence-electron chi connectivity index (χ3n) is 7.63. The Kier molecular flexibility index (Phi) is 18.6. The van der Waals surface area contributed by atoms with Gasteiger partial charge in [-0.3, -0.25) is 0 Å². The summed E-state index contributed by atoms with van der Waals surface area (Å²) in [6.45, 7) is 5.68. The summed E-state index contributed by atoms with van der Waals surface area (Å²) in [5.41, 5.74) is 13.0. The van der Waals surface area contributed by atoms with E-state index in [9.17, 15) is 5.53 Å². The predicted octanol–water partition coefficient (Wildman–Crippen LogP) is 11.7. The molecule has 0 N–H and O–H groups in total. The van der Waals surface area contributed by atoms with Crippen LogP contribution in [0.25, 0.3) is 10.4 Å². The predicted molar refractivity (Wildman–Crippen MR) is 190 cm³/mol. The number of nitrogens with zero attached hydrogens (tertiary/aromatic N) is 3. The fraction of sp³-hybridized carbons (Fsp3) is 0.436. The minimum absolute atomic E-state index is 0.266. The van der Waals surface area contributed by atoms with Crippen LogP contribution >= 0.6 is 11.8 Å². The molecule has 0 aromatic heterocycles. The van der Waals surface area contributed by atoms with Crippen LogP contribution in [0.5, 0.6) is 0 Å². The Morgan fingerprint density at radius 1 is 0.822 bits per heavy atom. The lowest BCUT2D eigenvalue weighted by Crippen LogP contribution is -2.30. The number of rotatable bonds is 23. The van der Waals surface area contributed by atoms with E-state index < -0.39 is 12.1 Å². The summed E-state index contributed by atoms with van der Waals surface area (Å²) in [6.07, 6.45) is 17.5. The molecular weight excluding hydrogens is 575 g/mol. The molecule has 0 aliphatic heterocycles. The summed E-state index contributed by atoms with van der Waals surface area (Å²) < 4.78 is 12.4. The van der Waals surface area contributed by atoms with Crippen LogP contribution < -0.4 is 0 Å². The largest absolute Gasteiger partial charge is 0.376 e. The van der Waals surface area contributed by atoms with Crippen molar-refractivity contribution in [2.24, 2.45) is 5.11 Å². The summed E-state index contributed by atoms with van der Waals surface area (Å²) in [7, 11) is 0. The van der Waals surface area contributed by atoms with Gasteiger partial charge in [-0.2, -0.15) is 0 Å². The number of hydrogen-bond donors (Lipinski definition) is 0. The average Bonchev–Trinajstić information content (AvgIpc) is 3.07. The molecule has 0 fully saturated rings. The minimum Gasteiger partial charge on any atom is -0.376 e. The summed E-state index contributed by atoms with van der Waals surface area (Å²) in [5.74, 6) is 0. The highest BCUT2D eigenvalue weighted by molar-refractivity contribution is 8.00. The van der Waals surface area contributed by atoms with Gasteiger partial charge >= 0.3 is 0 Å². The van der Waals surface area contributed by atoms with Gasteiger partial charge in [0.2, 0.25) is 0 Å². The van der Waals surface area contributed by atoms with Gasteiger partial charge in [-0.25, -0.2) is 0 Å². The SMILES string of the molecule is CCCCCCCCC/C(C)=C/C(C/C=C/[C@@H](OCc1ccccc1)[C@H](COCc1ccccc1)N=[N+]=[N-])Sc1ccccc1. The van der Waals surface area contributed by atoms with Crippen molar-refractivity contribution in [3.63, 3.8) is 0 Å². The Balaban J connectivity index is 1.68. The molecule has 0 aliphatic rings. The quantitative estimate of drug-likeness (QED) is 0.0263. The number of azide groups is 1.